The highest BCUT2D eigenvalue weighted by Crippen LogP contribution is 2.44. The van der Waals surface area contributed by atoms with E-state index >= 15 is 0 Å². The summed E-state index contributed by atoms with van der Waals surface area (Å²) in [6.07, 6.45) is 3.61. The Morgan fingerprint density at radius 2 is 0.863 bits per heavy atom. The topological polar surface area (TPSA) is 115 Å². The maximum absolute atomic E-state index is 6.60. The lowest BCUT2D eigenvalue weighted by Gasteiger charge is -2.35. The number of halogens is 1. The molecular weight excluding hydrogens is 1060 g/mol. The average Bonchev–Trinajstić information content (AvgIpc) is 4.21. The number of para-hydroxylation sites is 4. The summed E-state index contributed by atoms with van der Waals surface area (Å²) >= 11 is 3.73. The minimum atomic E-state index is -0.115. The number of oxazole rings is 2. The van der Waals surface area contributed by atoms with E-state index in [4.69, 9.17) is 32.8 Å². The second kappa shape index (κ2) is 20.2. The van der Waals surface area contributed by atoms with Gasteiger partial charge >= 0.3 is 0 Å². The second-order valence-electron chi connectivity index (χ2n) is 22.0. The first kappa shape index (κ1) is 50.3. The van der Waals surface area contributed by atoms with Crippen LogP contribution < -0.4 is 35.3 Å². The highest BCUT2D eigenvalue weighted by molar-refractivity contribution is 9.10. The first-order valence-corrected chi connectivity index (χ1v) is 27.3. The van der Waals surface area contributed by atoms with Crippen LogP contribution in [0.4, 0.5) is 0 Å². The van der Waals surface area contributed by atoms with E-state index in [9.17, 15) is 0 Å². The van der Waals surface area contributed by atoms with Gasteiger partial charge in [-0.05, 0) is 200 Å². The number of rotatable bonds is 8. The molecule has 6 heterocycles. The van der Waals surface area contributed by atoms with Gasteiger partial charge in [-0.15, -0.1) is 0 Å². The van der Waals surface area contributed by atoms with Crippen molar-refractivity contribution in [1.29, 1.82) is 0 Å². The third-order valence-corrected chi connectivity index (χ3v) is 15.2. The van der Waals surface area contributed by atoms with Gasteiger partial charge in [-0.2, -0.15) is 0 Å². The van der Waals surface area contributed by atoms with Gasteiger partial charge in [0.15, 0.2) is 11.2 Å². The molecule has 0 spiro atoms. The zero-order chi connectivity index (χ0) is 54.7. The molecule has 12 heteroatoms. The fraction of sp³-hybridized carbons (Fsp3) is 0.118. The summed E-state index contributed by atoms with van der Waals surface area (Å²) < 4.78 is 38.7. The molecule has 10 nitrogen and oxygen atoms in total. The Bertz CT molecular complexity index is 4190. The number of nitrogens with zero attached hydrogens (tertiary/aromatic N) is 4. The van der Waals surface area contributed by atoms with Gasteiger partial charge in [0.2, 0.25) is 11.8 Å². The van der Waals surface area contributed by atoms with Crippen LogP contribution in [-0.2, 0) is 10.8 Å². The van der Waals surface area contributed by atoms with Crippen molar-refractivity contribution < 1.29 is 27.8 Å². The molecule has 0 N–H and O–H groups in total. The summed E-state index contributed by atoms with van der Waals surface area (Å²) in [5.41, 5.74) is 14.2. The van der Waals surface area contributed by atoms with Crippen molar-refractivity contribution in [2.24, 2.45) is 0 Å². The average molecular weight is 1110 g/mol. The highest BCUT2D eigenvalue weighted by atomic mass is 79.9. The lowest BCUT2D eigenvalue weighted by atomic mass is 9.34. The van der Waals surface area contributed by atoms with Crippen LogP contribution in [0.1, 0.15) is 52.7 Å². The molecule has 0 aliphatic carbocycles. The van der Waals surface area contributed by atoms with Crippen molar-refractivity contribution in [3.05, 3.63) is 222 Å². The van der Waals surface area contributed by atoms with E-state index in [0.29, 0.717) is 29.0 Å². The van der Waals surface area contributed by atoms with E-state index < -0.39 is 0 Å². The molecule has 2 aliphatic rings. The smallest absolute Gasteiger partial charge is 0.260 e. The molecule has 14 rings (SSSR count). The standard InChI is InChI=1S/C34H25BN2O3.C34H27BrN2O3/c1-34(2,3)22-18-30-32-31(19-22)39-28-14-12-21(33-37-26-9-4-5-10-29(26)40-33)17-24(28)35(32)23-16-20(11-13-27(23)38-30)25-8-6-7-15-36-25;1-34(2,3)24-20-30(38-25-15-11-22(12-16-25)27-8-6-7-19-36-27)32(35)31(21-24)39-26-17-13-23(14-18-26)33-37-28-9-4-5-10-29(28)40-33/h4-19H,1-3H3;4-21H,1-3H3. The largest absolute Gasteiger partial charge is 0.458 e. The number of pyridine rings is 2. The predicted molar refractivity (Wildman–Crippen MR) is 321 cm³/mol. The van der Waals surface area contributed by atoms with E-state index in [-0.39, 0.29) is 17.5 Å². The highest BCUT2D eigenvalue weighted by Gasteiger charge is 2.41. The molecule has 0 radical (unpaired) electrons. The SMILES string of the molecule is CC(C)(C)c1cc(Oc2ccc(-c3ccccn3)cc2)c(Br)c(Oc2ccc(-c3nc4ccccc4o3)cc2)c1.CC(C)(C)c1cc2c3c(c1)Oc1ccc(-c4nc5ccccc5o4)cc1B3c1cc(-c3ccccn3)ccc1O2. The molecule has 0 fully saturated rings. The van der Waals surface area contributed by atoms with Crippen molar-refractivity contribution in [2.75, 3.05) is 0 Å². The summed E-state index contributed by atoms with van der Waals surface area (Å²) in [6, 6.07) is 64.1. The fourth-order valence-corrected chi connectivity index (χ4v) is 10.4. The Kier molecular flexibility index (Phi) is 12.7. The fourth-order valence-electron chi connectivity index (χ4n) is 10.1. The molecule has 80 heavy (non-hydrogen) atoms. The van der Waals surface area contributed by atoms with Crippen molar-refractivity contribution in [2.45, 2.75) is 52.4 Å². The Morgan fingerprint density at radius 3 is 1.36 bits per heavy atom. The van der Waals surface area contributed by atoms with Crippen molar-refractivity contribution in [3.63, 3.8) is 0 Å². The molecule has 8 aromatic carbocycles. The van der Waals surface area contributed by atoms with Crippen LogP contribution in [0.25, 0.3) is 67.6 Å². The molecule has 2 aliphatic heterocycles. The molecule has 4 aromatic heterocycles. The van der Waals surface area contributed by atoms with Crippen molar-refractivity contribution in [1.82, 2.24) is 19.9 Å². The van der Waals surface area contributed by atoms with Gasteiger partial charge in [-0.1, -0.05) is 90.1 Å². The minimum Gasteiger partial charge on any atom is -0.458 e. The predicted octanol–water partition coefficient (Wildman–Crippen LogP) is 16.8. The second-order valence-corrected chi connectivity index (χ2v) is 22.8. The lowest BCUT2D eigenvalue weighted by molar-refractivity contribution is 0.449. The normalized spacial score (nSPS) is 12.4. The Morgan fingerprint density at radius 1 is 0.425 bits per heavy atom. The van der Waals surface area contributed by atoms with Gasteiger partial charge in [0.05, 0.1) is 11.4 Å². The molecule has 0 unspecified atom stereocenters. The van der Waals surface area contributed by atoms with Crippen LogP contribution in [0.5, 0.6) is 46.0 Å². The molecule has 0 saturated carbocycles. The summed E-state index contributed by atoms with van der Waals surface area (Å²) in [7, 11) is 0. The van der Waals surface area contributed by atoms with Crippen LogP contribution in [-0.4, -0.2) is 26.6 Å². The third kappa shape index (κ3) is 9.87. The first-order valence-electron chi connectivity index (χ1n) is 26.5. The van der Waals surface area contributed by atoms with Crippen LogP contribution in [0.3, 0.4) is 0 Å². The summed E-state index contributed by atoms with van der Waals surface area (Å²) in [5, 5.41) is 0. The van der Waals surface area contributed by atoms with Crippen LogP contribution in [0, 0.1) is 0 Å². The van der Waals surface area contributed by atoms with E-state index in [1.807, 2.05) is 152 Å². The monoisotopic (exact) mass is 1110 g/mol. The number of fused-ring (bicyclic) bond motifs is 6. The lowest BCUT2D eigenvalue weighted by Crippen LogP contribution is -2.57. The van der Waals surface area contributed by atoms with Crippen molar-refractivity contribution >= 4 is 61.2 Å². The summed E-state index contributed by atoms with van der Waals surface area (Å²) in [5.74, 6) is 7.27. The third-order valence-electron chi connectivity index (χ3n) is 14.4. The molecule has 0 amide bonds. The first-order chi connectivity index (χ1) is 38.8. The van der Waals surface area contributed by atoms with E-state index in [0.717, 1.165) is 111 Å². The molecular formula is C68H52BBrN4O6. The van der Waals surface area contributed by atoms with E-state index in [1.165, 1.54) is 5.56 Å². The van der Waals surface area contributed by atoms with Gasteiger partial charge in [-0.3, -0.25) is 9.97 Å². The zero-order valence-electron chi connectivity index (χ0n) is 44.8. The number of aromatic nitrogens is 4. The van der Waals surface area contributed by atoms with Crippen LogP contribution in [0.15, 0.2) is 220 Å². The van der Waals surface area contributed by atoms with Crippen LogP contribution in [0.2, 0.25) is 0 Å². The molecule has 12 aromatic rings. The quantitative estimate of drug-likeness (QED) is 0.136. The Hall–Kier alpha value is -9.26. The van der Waals surface area contributed by atoms with Gasteiger partial charge in [0.1, 0.15) is 61.5 Å². The Labute approximate surface area is 472 Å². The van der Waals surface area contributed by atoms with E-state index in [1.54, 1.807) is 6.20 Å². The van der Waals surface area contributed by atoms with Crippen molar-refractivity contribution in [3.8, 4) is 91.4 Å². The minimum absolute atomic E-state index is 0.0616. The number of benzene rings is 8. The van der Waals surface area contributed by atoms with Crippen LogP contribution >= 0.6 is 15.9 Å². The maximum atomic E-state index is 6.60. The van der Waals surface area contributed by atoms with Gasteiger partial charge in [0.25, 0.3) is 6.71 Å². The zero-order valence-corrected chi connectivity index (χ0v) is 46.4. The molecule has 0 atom stereocenters. The van der Waals surface area contributed by atoms with Gasteiger partial charge < -0.3 is 27.8 Å². The van der Waals surface area contributed by atoms with Gasteiger partial charge in [0, 0.05) is 34.5 Å². The summed E-state index contributed by atoms with van der Waals surface area (Å²) in [6.45, 7) is 13.0. The number of ether oxygens (including phenoxy) is 4. The summed E-state index contributed by atoms with van der Waals surface area (Å²) in [4.78, 5) is 18.4. The molecule has 0 saturated heterocycles. The number of hydrogen-bond acceptors (Lipinski definition) is 10. The van der Waals surface area contributed by atoms with Gasteiger partial charge in [-0.25, -0.2) is 9.97 Å². The molecule has 390 valence electrons. The number of hydrogen-bond donors (Lipinski definition) is 0. The molecule has 0 bridgehead atoms. The van der Waals surface area contributed by atoms with E-state index in [2.05, 4.69) is 121 Å². The Balaban J connectivity index is 0.000000151. The maximum Gasteiger partial charge on any atom is 0.260 e.